The monoisotopic (exact) mass is 276 g/mol. The average Bonchev–Trinajstić information content (AvgIpc) is 3.22. The molecule has 0 spiro atoms. The SMILES string of the molecule is NCC1(CCN(Cc2ccco2)C2CC2)CCCCC1. The van der Waals surface area contributed by atoms with Crippen molar-refractivity contribution >= 4 is 0 Å². The largest absolute Gasteiger partial charge is 0.468 e. The minimum absolute atomic E-state index is 0.425. The summed E-state index contributed by atoms with van der Waals surface area (Å²) in [5.41, 5.74) is 6.54. The molecule has 2 fully saturated rings. The van der Waals surface area contributed by atoms with E-state index >= 15 is 0 Å². The molecule has 0 atom stereocenters. The molecule has 2 saturated carbocycles. The zero-order chi connectivity index (χ0) is 13.8. The lowest BCUT2D eigenvalue weighted by molar-refractivity contribution is 0.136. The topological polar surface area (TPSA) is 42.4 Å². The number of hydrogen-bond acceptors (Lipinski definition) is 3. The van der Waals surface area contributed by atoms with Crippen LogP contribution in [0.1, 0.15) is 57.1 Å². The molecule has 1 aromatic rings. The minimum Gasteiger partial charge on any atom is -0.468 e. The highest BCUT2D eigenvalue weighted by atomic mass is 16.3. The van der Waals surface area contributed by atoms with Crippen molar-refractivity contribution in [1.29, 1.82) is 0 Å². The van der Waals surface area contributed by atoms with E-state index in [4.69, 9.17) is 10.2 Å². The number of nitrogens with two attached hydrogens (primary N) is 1. The van der Waals surface area contributed by atoms with Crippen molar-refractivity contribution in [3.8, 4) is 0 Å². The van der Waals surface area contributed by atoms with E-state index < -0.39 is 0 Å². The van der Waals surface area contributed by atoms with Gasteiger partial charge in [0.2, 0.25) is 0 Å². The molecule has 2 aliphatic carbocycles. The van der Waals surface area contributed by atoms with E-state index in [-0.39, 0.29) is 0 Å². The van der Waals surface area contributed by atoms with Crippen molar-refractivity contribution in [2.24, 2.45) is 11.1 Å². The van der Waals surface area contributed by atoms with Gasteiger partial charge in [0.25, 0.3) is 0 Å². The molecule has 1 aromatic heterocycles. The maximum absolute atomic E-state index is 6.12. The van der Waals surface area contributed by atoms with Crippen LogP contribution < -0.4 is 5.73 Å². The molecule has 0 radical (unpaired) electrons. The van der Waals surface area contributed by atoms with E-state index in [1.807, 2.05) is 6.07 Å². The predicted molar refractivity (Wildman–Crippen MR) is 81.3 cm³/mol. The summed E-state index contributed by atoms with van der Waals surface area (Å²) < 4.78 is 5.52. The van der Waals surface area contributed by atoms with E-state index in [1.54, 1.807) is 6.26 Å². The normalized spacial score (nSPS) is 22.3. The van der Waals surface area contributed by atoms with Crippen LogP contribution in [0.15, 0.2) is 22.8 Å². The fourth-order valence-electron chi connectivity index (χ4n) is 3.67. The Kier molecular flexibility index (Phi) is 4.47. The first-order chi connectivity index (χ1) is 9.81. The third-order valence-electron chi connectivity index (χ3n) is 5.28. The molecule has 20 heavy (non-hydrogen) atoms. The average molecular weight is 276 g/mol. The van der Waals surface area contributed by atoms with Gasteiger partial charge >= 0.3 is 0 Å². The molecule has 0 unspecified atom stereocenters. The van der Waals surface area contributed by atoms with Gasteiger partial charge in [-0.15, -0.1) is 0 Å². The van der Waals surface area contributed by atoms with Crippen molar-refractivity contribution in [3.05, 3.63) is 24.2 Å². The van der Waals surface area contributed by atoms with Gasteiger partial charge in [-0.2, -0.15) is 0 Å². The van der Waals surface area contributed by atoms with Crippen molar-refractivity contribution in [2.45, 2.75) is 64.0 Å². The standard InChI is InChI=1S/C17H28N2O/c18-14-17(8-2-1-3-9-17)10-11-19(15-6-7-15)13-16-5-4-12-20-16/h4-5,12,15H,1-3,6-11,13-14,18H2. The molecule has 112 valence electrons. The van der Waals surface area contributed by atoms with E-state index in [9.17, 15) is 0 Å². The van der Waals surface area contributed by atoms with Crippen LogP contribution in [-0.4, -0.2) is 24.0 Å². The van der Waals surface area contributed by atoms with Gasteiger partial charge in [0, 0.05) is 6.04 Å². The molecule has 2 N–H and O–H groups in total. The highest BCUT2D eigenvalue weighted by molar-refractivity contribution is 5.00. The Balaban J connectivity index is 1.56. The Bertz CT molecular complexity index is 391. The van der Waals surface area contributed by atoms with Gasteiger partial charge in [0.1, 0.15) is 5.76 Å². The van der Waals surface area contributed by atoms with E-state index in [2.05, 4.69) is 11.0 Å². The second-order valence-corrected chi connectivity index (χ2v) is 6.80. The van der Waals surface area contributed by atoms with Crippen LogP contribution in [0.2, 0.25) is 0 Å². The van der Waals surface area contributed by atoms with Crippen LogP contribution in [0.3, 0.4) is 0 Å². The molecule has 0 bridgehead atoms. The molecule has 1 heterocycles. The molecule has 0 aromatic carbocycles. The van der Waals surface area contributed by atoms with E-state index in [0.29, 0.717) is 5.41 Å². The van der Waals surface area contributed by atoms with Gasteiger partial charge in [-0.05, 0) is 62.7 Å². The molecular formula is C17H28N2O. The van der Waals surface area contributed by atoms with Crippen molar-refractivity contribution in [1.82, 2.24) is 4.90 Å². The van der Waals surface area contributed by atoms with Crippen LogP contribution in [0.4, 0.5) is 0 Å². The third kappa shape index (κ3) is 3.44. The fraction of sp³-hybridized carbons (Fsp3) is 0.765. The van der Waals surface area contributed by atoms with Crippen molar-refractivity contribution in [3.63, 3.8) is 0 Å². The zero-order valence-electron chi connectivity index (χ0n) is 12.5. The van der Waals surface area contributed by atoms with Gasteiger partial charge in [-0.1, -0.05) is 19.3 Å². The molecule has 3 heteroatoms. The highest BCUT2D eigenvalue weighted by Gasteiger charge is 2.34. The highest BCUT2D eigenvalue weighted by Crippen LogP contribution is 2.39. The van der Waals surface area contributed by atoms with Crippen LogP contribution in [0, 0.1) is 5.41 Å². The Morgan fingerprint density at radius 2 is 2.05 bits per heavy atom. The Morgan fingerprint density at radius 1 is 1.25 bits per heavy atom. The number of furan rings is 1. The van der Waals surface area contributed by atoms with E-state index in [0.717, 1.165) is 24.9 Å². The Labute approximate surface area is 122 Å². The van der Waals surface area contributed by atoms with Gasteiger partial charge in [0.05, 0.1) is 12.8 Å². The summed E-state index contributed by atoms with van der Waals surface area (Å²) in [6.45, 7) is 3.02. The number of hydrogen-bond donors (Lipinski definition) is 1. The second kappa shape index (κ2) is 6.31. The van der Waals surface area contributed by atoms with Crippen molar-refractivity contribution in [2.75, 3.05) is 13.1 Å². The van der Waals surface area contributed by atoms with Gasteiger partial charge < -0.3 is 10.2 Å². The molecule has 3 nitrogen and oxygen atoms in total. The molecule has 3 rings (SSSR count). The minimum atomic E-state index is 0.425. The lowest BCUT2D eigenvalue weighted by Gasteiger charge is -2.38. The quantitative estimate of drug-likeness (QED) is 0.828. The van der Waals surface area contributed by atoms with E-state index in [1.165, 1.54) is 57.9 Å². The predicted octanol–water partition coefficient (Wildman–Crippen LogP) is 3.54. The summed E-state index contributed by atoms with van der Waals surface area (Å²) in [4.78, 5) is 2.62. The summed E-state index contributed by atoms with van der Waals surface area (Å²) in [5.74, 6) is 1.10. The van der Waals surface area contributed by atoms with Gasteiger partial charge in [0.15, 0.2) is 0 Å². The summed E-state index contributed by atoms with van der Waals surface area (Å²) in [6.07, 6.45) is 12.6. The molecule has 0 aliphatic heterocycles. The smallest absolute Gasteiger partial charge is 0.117 e. The summed E-state index contributed by atoms with van der Waals surface area (Å²) in [7, 11) is 0. The maximum atomic E-state index is 6.12. The van der Waals surface area contributed by atoms with Gasteiger partial charge in [-0.25, -0.2) is 0 Å². The molecule has 0 saturated heterocycles. The zero-order valence-corrected chi connectivity index (χ0v) is 12.5. The first-order valence-electron chi connectivity index (χ1n) is 8.28. The Hall–Kier alpha value is -0.800. The number of rotatable bonds is 7. The maximum Gasteiger partial charge on any atom is 0.117 e. The number of nitrogens with zero attached hydrogens (tertiary/aromatic N) is 1. The summed E-state index contributed by atoms with van der Waals surface area (Å²) >= 11 is 0. The van der Waals surface area contributed by atoms with Crippen molar-refractivity contribution < 1.29 is 4.42 Å². The van der Waals surface area contributed by atoms with Gasteiger partial charge in [-0.3, -0.25) is 4.90 Å². The van der Waals surface area contributed by atoms with Crippen LogP contribution in [0.25, 0.3) is 0 Å². The fourth-order valence-corrected chi connectivity index (χ4v) is 3.67. The molecule has 0 amide bonds. The van der Waals surface area contributed by atoms with Crippen LogP contribution >= 0.6 is 0 Å². The van der Waals surface area contributed by atoms with Crippen LogP contribution in [0.5, 0.6) is 0 Å². The summed E-state index contributed by atoms with van der Waals surface area (Å²) in [5, 5.41) is 0. The lowest BCUT2D eigenvalue weighted by Crippen LogP contribution is -2.37. The Morgan fingerprint density at radius 3 is 2.65 bits per heavy atom. The first-order valence-corrected chi connectivity index (χ1v) is 8.28. The lowest BCUT2D eigenvalue weighted by atomic mass is 9.72. The van der Waals surface area contributed by atoms with Crippen LogP contribution in [-0.2, 0) is 6.54 Å². The third-order valence-corrected chi connectivity index (χ3v) is 5.28. The first kappa shape index (κ1) is 14.2. The molecular weight excluding hydrogens is 248 g/mol. The second-order valence-electron chi connectivity index (χ2n) is 6.80. The summed E-state index contributed by atoms with van der Waals surface area (Å²) in [6, 6.07) is 4.87. The molecule has 2 aliphatic rings.